The first-order valence-electron chi connectivity index (χ1n) is 9.38. The Balaban J connectivity index is 1.66. The summed E-state index contributed by atoms with van der Waals surface area (Å²) in [6, 6.07) is 13.9. The van der Waals surface area contributed by atoms with E-state index in [1.165, 1.54) is 5.56 Å². The second kappa shape index (κ2) is 8.42. The van der Waals surface area contributed by atoms with Gasteiger partial charge in [0.05, 0.1) is 11.7 Å². The molecule has 2 aromatic heterocycles. The molecule has 1 N–H and O–H groups in total. The SMILES string of the molecule is CC1=C(C(=O)OC(C)C)C(c2cccs2)n2nc(SCc3ccccc3)nc2N1. The lowest BCUT2D eigenvalue weighted by Crippen LogP contribution is -2.30. The Morgan fingerprint density at radius 1 is 1.28 bits per heavy atom. The Labute approximate surface area is 178 Å². The van der Waals surface area contributed by atoms with Gasteiger partial charge < -0.3 is 10.1 Å². The number of thiophene rings is 1. The van der Waals surface area contributed by atoms with Crippen LogP contribution in [0.25, 0.3) is 0 Å². The lowest BCUT2D eigenvalue weighted by Gasteiger charge is -2.27. The zero-order valence-electron chi connectivity index (χ0n) is 16.5. The Kier molecular flexibility index (Phi) is 5.73. The molecule has 1 aromatic carbocycles. The van der Waals surface area contributed by atoms with Gasteiger partial charge in [-0.2, -0.15) is 4.98 Å². The molecule has 1 aliphatic heterocycles. The molecule has 0 saturated heterocycles. The fraction of sp³-hybridized carbons (Fsp3) is 0.286. The van der Waals surface area contributed by atoms with E-state index < -0.39 is 0 Å². The minimum atomic E-state index is -0.351. The fourth-order valence-corrected chi connectivity index (χ4v) is 4.77. The maximum Gasteiger partial charge on any atom is 0.338 e. The molecule has 0 amide bonds. The predicted octanol–water partition coefficient (Wildman–Crippen LogP) is 4.87. The van der Waals surface area contributed by atoms with Gasteiger partial charge in [0, 0.05) is 16.3 Å². The lowest BCUT2D eigenvalue weighted by molar-refractivity contribution is -0.143. The summed E-state index contributed by atoms with van der Waals surface area (Å²) in [5, 5.41) is 10.6. The number of esters is 1. The van der Waals surface area contributed by atoms with Gasteiger partial charge in [0.1, 0.15) is 6.04 Å². The highest BCUT2D eigenvalue weighted by molar-refractivity contribution is 7.98. The van der Waals surface area contributed by atoms with Gasteiger partial charge in [-0.25, -0.2) is 9.48 Å². The van der Waals surface area contributed by atoms with E-state index in [1.54, 1.807) is 27.8 Å². The van der Waals surface area contributed by atoms with Gasteiger partial charge >= 0.3 is 5.97 Å². The summed E-state index contributed by atoms with van der Waals surface area (Å²) in [6.45, 7) is 5.58. The number of carbonyl (C=O) groups excluding carboxylic acids is 1. The first-order valence-corrected chi connectivity index (χ1v) is 11.2. The van der Waals surface area contributed by atoms with Crippen molar-refractivity contribution < 1.29 is 9.53 Å². The van der Waals surface area contributed by atoms with Gasteiger partial charge in [0.25, 0.3) is 0 Å². The summed E-state index contributed by atoms with van der Waals surface area (Å²) >= 11 is 3.16. The van der Waals surface area contributed by atoms with E-state index in [0.29, 0.717) is 16.7 Å². The van der Waals surface area contributed by atoms with Crippen LogP contribution in [0, 0.1) is 0 Å². The monoisotopic (exact) mass is 426 g/mol. The average Bonchev–Trinajstić information content (AvgIpc) is 3.35. The molecule has 1 unspecified atom stereocenters. The molecule has 1 atom stereocenters. The van der Waals surface area contributed by atoms with E-state index in [2.05, 4.69) is 22.4 Å². The van der Waals surface area contributed by atoms with Gasteiger partial charge in [-0.1, -0.05) is 48.2 Å². The van der Waals surface area contributed by atoms with Crippen LogP contribution in [0.5, 0.6) is 0 Å². The second-order valence-electron chi connectivity index (χ2n) is 6.97. The number of anilines is 1. The van der Waals surface area contributed by atoms with Crippen LogP contribution in [0.2, 0.25) is 0 Å². The highest BCUT2D eigenvalue weighted by Gasteiger charge is 2.36. The number of hydrogen-bond acceptors (Lipinski definition) is 7. The Bertz CT molecular complexity index is 1030. The summed E-state index contributed by atoms with van der Waals surface area (Å²) in [5.41, 5.74) is 2.52. The molecule has 29 heavy (non-hydrogen) atoms. The number of rotatable bonds is 6. The van der Waals surface area contributed by atoms with Crippen LogP contribution < -0.4 is 5.32 Å². The van der Waals surface area contributed by atoms with Crippen LogP contribution in [-0.2, 0) is 15.3 Å². The van der Waals surface area contributed by atoms with E-state index in [4.69, 9.17) is 9.84 Å². The molecule has 8 heteroatoms. The number of nitrogens with zero attached hydrogens (tertiary/aromatic N) is 3. The minimum absolute atomic E-state index is 0.194. The average molecular weight is 427 g/mol. The quantitative estimate of drug-likeness (QED) is 0.448. The zero-order valence-corrected chi connectivity index (χ0v) is 18.1. The van der Waals surface area contributed by atoms with Crippen molar-refractivity contribution in [2.45, 2.75) is 43.8 Å². The largest absolute Gasteiger partial charge is 0.459 e. The zero-order chi connectivity index (χ0) is 20.4. The summed E-state index contributed by atoms with van der Waals surface area (Å²) < 4.78 is 7.31. The number of thioether (sulfide) groups is 1. The smallest absolute Gasteiger partial charge is 0.338 e. The van der Waals surface area contributed by atoms with Crippen molar-refractivity contribution in [3.63, 3.8) is 0 Å². The van der Waals surface area contributed by atoms with Gasteiger partial charge in [-0.05, 0) is 37.8 Å². The number of benzene rings is 1. The van der Waals surface area contributed by atoms with Gasteiger partial charge in [0.15, 0.2) is 0 Å². The second-order valence-corrected chi connectivity index (χ2v) is 8.89. The number of aromatic nitrogens is 3. The molecule has 3 heterocycles. The minimum Gasteiger partial charge on any atom is -0.459 e. The van der Waals surface area contributed by atoms with Crippen molar-refractivity contribution >= 4 is 35.0 Å². The van der Waals surface area contributed by atoms with E-state index in [9.17, 15) is 4.79 Å². The first kappa shape index (κ1) is 19.7. The molecular weight excluding hydrogens is 404 g/mol. The van der Waals surface area contributed by atoms with Crippen LogP contribution in [0.1, 0.15) is 37.3 Å². The number of nitrogens with one attached hydrogen (secondary N) is 1. The van der Waals surface area contributed by atoms with Crippen LogP contribution in [0.3, 0.4) is 0 Å². The maximum atomic E-state index is 12.9. The van der Waals surface area contributed by atoms with Crippen LogP contribution in [0.15, 0.2) is 64.3 Å². The third kappa shape index (κ3) is 4.23. The number of hydrogen-bond donors (Lipinski definition) is 1. The standard InChI is InChI=1S/C21H22N4O2S2/c1-13(2)27-19(26)17-14(3)22-20-23-21(29-12-15-8-5-4-6-9-15)24-25(20)18(17)16-10-7-11-28-16/h4-11,13,18H,12H2,1-3H3,(H,22,23,24). The number of ether oxygens (including phenoxy) is 1. The van der Waals surface area contributed by atoms with Gasteiger partial charge in [-0.3, -0.25) is 0 Å². The third-order valence-electron chi connectivity index (χ3n) is 4.42. The van der Waals surface area contributed by atoms with Crippen molar-refractivity contribution in [2.24, 2.45) is 0 Å². The fourth-order valence-electron chi connectivity index (χ4n) is 3.17. The van der Waals surface area contributed by atoms with E-state index in [1.807, 2.05) is 56.5 Å². The highest BCUT2D eigenvalue weighted by Crippen LogP contribution is 2.38. The molecule has 0 saturated carbocycles. The number of allylic oxidation sites excluding steroid dienone is 1. The molecule has 6 nitrogen and oxygen atoms in total. The van der Waals surface area contributed by atoms with E-state index in [0.717, 1.165) is 16.3 Å². The van der Waals surface area contributed by atoms with Crippen LogP contribution in [0.4, 0.5) is 5.95 Å². The molecule has 0 aliphatic carbocycles. The first-order chi connectivity index (χ1) is 14.0. The maximum absolute atomic E-state index is 12.9. The molecule has 0 fully saturated rings. The Morgan fingerprint density at radius 3 is 2.76 bits per heavy atom. The third-order valence-corrected chi connectivity index (χ3v) is 6.25. The molecule has 0 spiro atoms. The van der Waals surface area contributed by atoms with Crippen molar-refractivity contribution in [1.82, 2.24) is 14.8 Å². The lowest BCUT2D eigenvalue weighted by atomic mass is 10.0. The number of fused-ring (bicyclic) bond motifs is 1. The molecule has 1 aliphatic rings. The van der Waals surface area contributed by atoms with Crippen LogP contribution in [-0.4, -0.2) is 26.8 Å². The molecule has 0 radical (unpaired) electrons. The Hall–Kier alpha value is -2.58. The predicted molar refractivity (Wildman–Crippen MR) is 116 cm³/mol. The Morgan fingerprint density at radius 2 is 2.07 bits per heavy atom. The summed E-state index contributed by atoms with van der Waals surface area (Å²) in [6.07, 6.45) is -0.194. The topological polar surface area (TPSA) is 69.0 Å². The summed E-state index contributed by atoms with van der Waals surface area (Å²) in [7, 11) is 0. The van der Waals surface area contributed by atoms with Crippen molar-refractivity contribution in [3.05, 3.63) is 69.6 Å². The highest BCUT2D eigenvalue weighted by atomic mass is 32.2. The molecule has 150 valence electrons. The van der Waals surface area contributed by atoms with E-state index in [-0.39, 0.29) is 18.1 Å². The number of carbonyl (C=O) groups is 1. The van der Waals surface area contributed by atoms with Crippen molar-refractivity contribution in [1.29, 1.82) is 0 Å². The molecule has 3 aromatic rings. The van der Waals surface area contributed by atoms with Crippen LogP contribution >= 0.6 is 23.1 Å². The van der Waals surface area contributed by atoms with Gasteiger partial charge in [-0.15, -0.1) is 16.4 Å². The molecular formula is C21H22N4O2S2. The summed E-state index contributed by atoms with van der Waals surface area (Å²) in [5.74, 6) is 1.09. The van der Waals surface area contributed by atoms with Crippen molar-refractivity contribution in [2.75, 3.05) is 5.32 Å². The normalized spacial score (nSPS) is 15.9. The van der Waals surface area contributed by atoms with Crippen molar-refractivity contribution in [3.8, 4) is 0 Å². The van der Waals surface area contributed by atoms with E-state index >= 15 is 0 Å². The molecule has 0 bridgehead atoms. The summed E-state index contributed by atoms with van der Waals surface area (Å²) in [4.78, 5) is 18.5. The van der Waals surface area contributed by atoms with Gasteiger partial charge in [0.2, 0.25) is 11.1 Å². The molecule has 4 rings (SSSR count).